The van der Waals surface area contributed by atoms with Crippen LogP contribution in [-0.2, 0) is 0 Å². The van der Waals surface area contributed by atoms with Crippen molar-refractivity contribution in [3.8, 4) is 6.07 Å². The van der Waals surface area contributed by atoms with Gasteiger partial charge in [0, 0.05) is 7.05 Å². The first-order valence-electron chi connectivity index (χ1n) is 1.60. The zero-order chi connectivity index (χ0) is 4.99. The normalized spacial score (nSPS) is 8.33. The van der Waals surface area contributed by atoms with Crippen molar-refractivity contribution in [2.75, 3.05) is 13.6 Å². The largest absolute Gasteiger partial charge is 0.287 e. The van der Waals surface area contributed by atoms with Crippen molar-refractivity contribution in [2.45, 2.75) is 0 Å². The number of nitrogens with zero attached hydrogens (tertiary/aromatic N) is 2. The lowest BCUT2D eigenvalue weighted by Crippen LogP contribution is -2.07. The summed E-state index contributed by atoms with van der Waals surface area (Å²) in [5.74, 6) is 0. The molecule has 0 heterocycles. The summed E-state index contributed by atoms with van der Waals surface area (Å²) in [7, 11) is 6.66. The van der Waals surface area contributed by atoms with E-state index < -0.39 is 0 Å². The Morgan fingerprint density at radius 3 is 2.50 bits per heavy atom. The molecule has 0 bridgehead atoms. The van der Waals surface area contributed by atoms with Gasteiger partial charge in [-0.1, -0.05) is 0 Å². The number of nitriles is 1. The van der Waals surface area contributed by atoms with Gasteiger partial charge in [0.25, 0.3) is 0 Å². The molecule has 32 valence electrons. The third-order valence-electron chi connectivity index (χ3n) is 0.320. The highest BCUT2D eigenvalue weighted by atomic mass is 15.0. The first kappa shape index (κ1) is 5.45. The molecule has 0 rings (SSSR count). The topological polar surface area (TPSA) is 27.0 Å². The lowest BCUT2D eigenvalue weighted by molar-refractivity contribution is 0.509. The van der Waals surface area contributed by atoms with E-state index in [4.69, 9.17) is 12.3 Å². The quantitative estimate of drug-likeness (QED) is 0.331. The molecule has 0 aromatic heterocycles. The molecule has 0 aliphatic carbocycles. The van der Waals surface area contributed by atoms with Gasteiger partial charge >= 0.3 is 0 Å². The monoisotopic (exact) mass is 82.1 g/mol. The molecule has 0 aliphatic rings. The van der Waals surface area contributed by atoms with Crippen LogP contribution in [0.5, 0.6) is 0 Å². The van der Waals surface area contributed by atoms with Crippen molar-refractivity contribution in [3.63, 3.8) is 0 Å². The average Bonchev–Trinajstić information content (AvgIpc) is 1.35. The van der Waals surface area contributed by atoms with Crippen molar-refractivity contribution in [1.82, 2.24) is 4.90 Å². The third-order valence-corrected chi connectivity index (χ3v) is 0.320. The van der Waals surface area contributed by atoms with Crippen molar-refractivity contribution in [2.24, 2.45) is 0 Å². The third kappa shape index (κ3) is 3.45. The van der Waals surface area contributed by atoms with Crippen LogP contribution in [0.25, 0.3) is 0 Å². The molecule has 2 radical (unpaired) electrons. The minimum atomic E-state index is 0.292. The predicted molar refractivity (Wildman–Crippen MR) is 22.5 cm³/mol. The highest BCUT2D eigenvalue weighted by molar-refractivity contribution is 4.72. The Morgan fingerprint density at radius 1 is 2.00 bits per heavy atom. The van der Waals surface area contributed by atoms with E-state index in [1.807, 2.05) is 6.07 Å². The molecule has 2 nitrogen and oxygen atoms in total. The molecule has 6 heavy (non-hydrogen) atoms. The van der Waals surface area contributed by atoms with E-state index in [-0.39, 0.29) is 0 Å². The molecule has 0 amide bonds. The maximum absolute atomic E-state index is 7.86. The standard InChI is InChI=1S/C4H6N2/c1-6(2)4-3-5/h1H,4H2,2H3. The molecular formula is C4H6N2. The van der Waals surface area contributed by atoms with E-state index in [2.05, 4.69) is 0 Å². The van der Waals surface area contributed by atoms with Gasteiger partial charge in [-0.15, -0.1) is 0 Å². The van der Waals surface area contributed by atoms with E-state index in [1.165, 1.54) is 4.90 Å². The van der Waals surface area contributed by atoms with Gasteiger partial charge in [0.15, 0.2) is 0 Å². The van der Waals surface area contributed by atoms with Crippen LogP contribution in [-0.4, -0.2) is 18.5 Å². The van der Waals surface area contributed by atoms with E-state index >= 15 is 0 Å². The van der Waals surface area contributed by atoms with Gasteiger partial charge in [0.1, 0.15) is 0 Å². The summed E-state index contributed by atoms with van der Waals surface area (Å²) in [5.41, 5.74) is 0. The Balaban J connectivity index is 2.88. The summed E-state index contributed by atoms with van der Waals surface area (Å²) in [5, 5.41) is 7.86. The molecule has 0 unspecified atom stereocenters. The second-order valence-electron chi connectivity index (χ2n) is 1.07. The first-order valence-corrected chi connectivity index (χ1v) is 1.60. The van der Waals surface area contributed by atoms with Crippen LogP contribution in [0, 0.1) is 18.4 Å². The van der Waals surface area contributed by atoms with Gasteiger partial charge in [-0.2, -0.15) is 5.26 Å². The summed E-state index contributed by atoms with van der Waals surface area (Å²) in [6.45, 7) is 0.292. The summed E-state index contributed by atoms with van der Waals surface area (Å²) in [6, 6.07) is 1.87. The molecule has 0 atom stereocenters. The van der Waals surface area contributed by atoms with E-state index in [0.29, 0.717) is 6.54 Å². The van der Waals surface area contributed by atoms with Crippen molar-refractivity contribution >= 4 is 0 Å². The lowest BCUT2D eigenvalue weighted by Gasteiger charge is -1.96. The first-order chi connectivity index (χ1) is 2.77. The minimum absolute atomic E-state index is 0.292. The zero-order valence-electron chi connectivity index (χ0n) is 3.68. The maximum atomic E-state index is 7.86. The highest BCUT2D eigenvalue weighted by Crippen LogP contribution is 1.68. The highest BCUT2D eigenvalue weighted by Gasteiger charge is 1.79. The van der Waals surface area contributed by atoms with Crippen LogP contribution in [0.3, 0.4) is 0 Å². The van der Waals surface area contributed by atoms with Crippen LogP contribution in [0.2, 0.25) is 0 Å². The van der Waals surface area contributed by atoms with Crippen LogP contribution in [0.4, 0.5) is 0 Å². The molecule has 0 spiro atoms. The number of hydrogen-bond acceptors (Lipinski definition) is 2. The van der Waals surface area contributed by atoms with E-state index in [0.717, 1.165) is 0 Å². The van der Waals surface area contributed by atoms with Crippen molar-refractivity contribution < 1.29 is 0 Å². The molecule has 0 aliphatic heterocycles. The van der Waals surface area contributed by atoms with Gasteiger partial charge in [-0.3, -0.25) is 4.90 Å². The lowest BCUT2D eigenvalue weighted by atomic mass is 10.7. The van der Waals surface area contributed by atoms with Crippen LogP contribution in [0.15, 0.2) is 0 Å². The molecule has 0 aromatic carbocycles. The second-order valence-corrected chi connectivity index (χ2v) is 1.07. The van der Waals surface area contributed by atoms with Crippen LogP contribution < -0.4 is 0 Å². The Kier molecular flexibility index (Phi) is 2.43. The van der Waals surface area contributed by atoms with Crippen LogP contribution >= 0.6 is 0 Å². The molecular weight excluding hydrogens is 76.1 g/mol. The Bertz CT molecular complexity index is 60.4. The Hall–Kier alpha value is -0.550. The second kappa shape index (κ2) is 2.67. The van der Waals surface area contributed by atoms with Gasteiger partial charge in [0.2, 0.25) is 0 Å². The van der Waals surface area contributed by atoms with Gasteiger partial charge in [-0.25, -0.2) is 0 Å². The van der Waals surface area contributed by atoms with E-state index in [9.17, 15) is 0 Å². The van der Waals surface area contributed by atoms with Crippen molar-refractivity contribution in [1.29, 1.82) is 5.26 Å². The zero-order valence-corrected chi connectivity index (χ0v) is 3.68. The van der Waals surface area contributed by atoms with Gasteiger partial charge in [-0.05, 0) is 7.05 Å². The fraction of sp³-hybridized carbons (Fsp3) is 0.500. The smallest absolute Gasteiger partial charge is 0.0866 e. The molecule has 0 saturated carbocycles. The number of hydrogen-bond donors (Lipinski definition) is 0. The fourth-order valence-electron chi connectivity index (χ4n) is 0.112. The summed E-state index contributed by atoms with van der Waals surface area (Å²) in [4.78, 5) is 1.32. The SMILES string of the molecule is [CH]N(C)CC#N. The minimum Gasteiger partial charge on any atom is -0.287 e. The molecule has 2 heteroatoms. The molecule has 0 aromatic rings. The van der Waals surface area contributed by atoms with E-state index in [1.54, 1.807) is 7.05 Å². The average molecular weight is 82.1 g/mol. The molecule has 0 N–H and O–H groups in total. The summed E-state index contributed by atoms with van der Waals surface area (Å²) in [6.07, 6.45) is 0. The van der Waals surface area contributed by atoms with Crippen molar-refractivity contribution in [3.05, 3.63) is 7.05 Å². The van der Waals surface area contributed by atoms with Gasteiger partial charge < -0.3 is 0 Å². The summed E-state index contributed by atoms with van der Waals surface area (Å²) < 4.78 is 0. The Labute approximate surface area is 38.0 Å². The maximum Gasteiger partial charge on any atom is 0.0866 e. The van der Waals surface area contributed by atoms with Gasteiger partial charge in [0.05, 0.1) is 12.6 Å². The molecule has 0 saturated heterocycles. The fourth-order valence-corrected chi connectivity index (χ4v) is 0.112. The predicted octanol–water partition coefficient (Wildman–Crippen LogP) is 0.110. The number of rotatable bonds is 1. The van der Waals surface area contributed by atoms with Crippen LogP contribution in [0.1, 0.15) is 0 Å². The Morgan fingerprint density at radius 2 is 2.50 bits per heavy atom. The summed E-state index contributed by atoms with van der Waals surface area (Å²) >= 11 is 0. The molecule has 0 fully saturated rings.